The van der Waals surface area contributed by atoms with Crippen LogP contribution >= 0.6 is 11.6 Å². The minimum absolute atomic E-state index is 0.00634. The van der Waals surface area contributed by atoms with Gasteiger partial charge in [-0.3, -0.25) is 14.4 Å². The van der Waals surface area contributed by atoms with Gasteiger partial charge in [0.1, 0.15) is 23.3 Å². The van der Waals surface area contributed by atoms with Gasteiger partial charge in [0.2, 0.25) is 17.7 Å². The maximum atomic E-state index is 12.4. The zero-order valence-electron chi connectivity index (χ0n) is 16.4. The Morgan fingerprint density at radius 2 is 1.71 bits per heavy atom. The molecule has 1 aromatic heterocycles. The largest absolute Gasteiger partial charge is 0.480 e. The van der Waals surface area contributed by atoms with Crippen LogP contribution in [0, 0.1) is 0 Å². The standard InChI is InChI=1S/C21H21ClN4O5/c22-17-7-6-13(11-23-17)9-16(21(30)31)24-18(27)10-15-20(29)25-14(19(28)26-15)8-12-4-2-1-3-5-12/h1-7,11,14-16H,8-10H2,(H,24,27)(H,25,29)(H,26,28)(H,30,31)/t14-,15-,16+/m0/s1. The Bertz CT molecular complexity index is 967. The monoisotopic (exact) mass is 444 g/mol. The number of aliphatic carboxylic acids is 1. The van der Waals surface area contributed by atoms with E-state index in [1.165, 1.54) is 12.3 Å². The van der Waals surface area contributed by atoms with Gasteiger partial charge in [-0.05, 0) is 17.2 Å². The van der Waals surface area contributed by atoms with E-state index in [2.05, 4.69) is 20.9 Å². The summed E-state index contributed by atoms with van der Waals surface area (Å²) in [5.74, 6) is -2.80. The minimum atomic E-state index is -1.23. The van der Waals surface area contributed by atoms with Crippen LogP contribution in [0.3, 0.4) is 0 Å². The van der Waals surface area contributed by atoms with Crippen molar-refractivity contribution in [2.24, 2.45) is 0 Å². The predicted octanol–water partition coefficient (Wildman–Crippen LogP) is 0.463. The highest BCUT2D eigenvalue weighted by Gasteiger charge is 2.35. The zero-order valence-corrected chi connectivity index (χ0v) is 17.1. The number of hydrogen-bond donors (Lipinski definition) is 4. The third kappa shape index (κ3) is 6.26. The van der Waals surface area contributed by atoms with E-state index in [0.717, 1.165) is 5.56 Å². The summed E-state index contributed by atoms with van der Waals surface area (Å²) in [7, 11) is 0. The van der Waals surface area contributed by atoms with Crippen LogP contribution in [0.15, 0.2) is 48.7 Å². The zero-order chi connectivity index (χ0) is 22.4. The van der Waals surface area contributed by atoms with Crippen molar-refractivity contribution in [1.82, 2.24) is 20.9 Å². The number of nitrogens with zero attached hydrogens (tertiary/aromatic N) is 1. The van der Waals surface area contributed by atoms with Crippen molar-refractivity contribution in [3.05, 3.63) is 64.9 Å². The Morgan fingerprint density at radius 1 is 1.03 bits per heavy atom. The average Bonchev–Trinajstić information content (AvgIpc) is 2.73. The molecule has 10 heteroatoms. The molecule has 2 aromatic rings. The van der Waals surface area contributed by atoms with Gasteiger partial charge in [-0.15, -0.1) is 0 Å². The second-order valence-electron chi connectivity index (χ2n) is 7.17. The van der Waals surface area contributed by atoms with E-state index in [1.807, 2.05) is 30.3 Å². The van der Waals surface area contributed by atoms with Gasteiger partial charge in [0.05, 0.1) is 6.42 Å². The van der Waals surface area contributed by atoms with E-state index in [0.29, 0.717) is 12.0 Å². The van der Waals surface area contributed by atoms with Crippen molar-refractivity contribution in [2.75, 3.05) is 0 Å². The number of carbonyl (C=O) groups excluding carboxylic acids is 3. The number of hydrogen-bond acceptors (Lipinski definition) is 5. The van der Waals surface area contributed by atoms with Gasteiger partial charge in [0.15, 0.2) is 0 Å². The molecule has 0 radical (unpaired) electrons. The molecule has 4 N–H and O–H groups in total. The van der Waals surface area contributed by atoms with Crippen LogP contribution in [0.2, 0.25) is 5.15 Å². The number of halogens is 1. The van der Waals surface area contributed by atoms with Gasteiger partial charge < -0.3 is 21.1 Å². The summed E-state index contributed by atoms with van der Waals surface area (Å²) in [5.41, 5.74) is 1.46. The summed E-state index contributed by atoms with van der Waals surface area (Å²) in [6, 6.07) is 9.32. The third-order valence-electron chi connectivity index (χ3n) is 4.80. The van der Waals surface area contributed by atoms with Crippen molar-refractivity contribution in [3.8, 4) is 0 Å². The van der Waals surface area contributed by atoms with Crippen LogP contribution in [0.5, 0.6) is 0 Å². The number of rotatable bonds is 8. The molecule has 3 atom stereocenters. The lowest BCUT2D eigenvalue weighted by atomic mass is 10.0. The van der Waals surface area contributed by atoms with E-state index in [-0.39, 0.29) is 18.0 Å². The lowest BCUT2D eigenvalue weighted by Crippen LogP contribution is -2.63. The number of nitrogens with one attached hydrogen (secondary N) is 3. The molecule has 1 aliphatic rings. The number of piperazine rings is 1. The van der Waals surface area contributed by atoms with Gasteiger partial charge in [-0.25, -0.2) is 9.78 Å². The molecular weight excluding hydrogens is 424 g/mol. The summed E-state index contributed by atoms with van der Waals surface area (Å²) >= 11 is 5.72. The molecule has 1 fully saturated rings. The van der Waals surface area contributed by atoms with Gasteiger partial charge in [0.25, 0.3) is 0 Å². The van der Waals surface area contributed by atoms with Gasteiger partial charge in [-0.2, -0.15) is 0 Å². The first kappa shape index (κ1) is 22.2. The summed E-state index contributed by atoms with van der Waals surface area (Å²) in [6.07, 6.45) is 1.37. The minimum Gasteiger partial charge on any atom is -0.480 e. The van der Waals surface area contributed by atoms with Crippen LogP contribution in [0.4, 0.5) is 0 Å². The van der Waals surface area contributed by atoms with Gasteiger partial charge >= 0.3 is 5.97 Å². The Balaban J connectivity index is 1.55. The Kier molecular flexibility index (Phi) is 7.19. The third-order valence-corrected chi connectivity index (χ3v) is 5.02. The molecule has 0 saturated carbocycles. The highest BCUT2D eigenvalue weighted by atomic mass is 35.5. The predicted molar refractivity (Wildman–Crippen MR) is 111 cm³/mol. The number of amides is 3. The van der Waals surface area contributed by atoms with Gasteiger partial charge in [-0.1, -0.05) is 48.0 Å². The number of pyridine rings is 1. The lowest BCUT2D eigenvalue weighted by Gasteiger charge is -2.29. The summed E-state index contributed by atoms with van der Waals surface area (Å²) < 4.78 is 0. The van der Waals surface area contributed by atoms with Crippen molar-refractivity contribution < 1.29 is 24.3 Å². The van der Waals surface area contributed by atoms with Crippen LogP contribution < -0.4 is 16.0 Å². The number of carbonyl (C=O) groups is 4. The number of carboxylic acids is 1. The molecular formula is C21H21ClN4O5. The molecule has 3 amide bonds. The normalized spacial score (nSPS) is 19.1. The van der Waals surface area contributed by atoms with Crippen molar-refractivity contribution in [2.45, 2.75) is 37.4 Å². The fraction of sp³-hybridized carbons (Fsp3) is 0.286. The van der Waals surface area contributed by atoms with Crippen molar-refractivity contribution in [1.29, 1.82) is 0 Å². The molecule has 0 bridgehead atoms. The van der Waals surface area contributed by atoms with E-state index < -0.39 is 41.8 Å². The van der Waals surface area contributed by atoms with E-state index in [9.17, 15) is 24.3 Å². The first-order valence-electron chi connectivity index (χ1n) is 9.59. The Hall–Kier alpha value is -3.46. The molecule has 162 valence electrons. The molecule has 3 rings (SSSR count). The Morgan fingerprint density at radius 3 is 2.35 bits per heavy atom. The number of aromatic nitrogens is 1. The molecule has 9 nitrogen and oxygen atoms in total. The molecule has 2 heterocycles. The molecule has 0 aliphatic carbocycles. The van der Waals surface area contributed by atoms with Crippen LogP contribution in [0.1, 0.15) is 17.5 Å². The van der Waals surface area contributed by atoms with Crippen LogP contribution in [0.25, 0.3) is 0 Å². The molecule has 0 spiro atoms. The quantitative estimate of drug-likeness (QED) is 0.436. The lowest BCUT2D eigenvalue weighted by molar-refractivity contribution is -0.142. The fourth-order valence-corrected chi connectivity index (χ4v) is 3.33. The molecule has 31 heavy (non-hydrogen) atoms. The highest BCUT2D eigenvalue weighted by molar-refractivity contribution is 6.29. The van der Waals surface area contributed by atoms with Gasteiger partial charge in [0, 0.05) is 19.0 Å². The molecule has 1 aromatic carbocycles. The second kappa shape index (κ2) is 10.0. The molecule has 1 aliphatic heterocycles. The summed E-state index contributed by atoms with van der Waals surface area (Å²) in [5, 5.41) is 17.2. The van der Waals surface area contributed by atoms with Crippen LogP contribution in [-0.2, 0) is 32.0 Å². The summed E-state index contributed by atoms with van der Waals surface area (Å²) in [4.78, 5) is 52.5. The Labute approximate surface area is 183 Å². The van der Waals surface area contributed by atoms with Crippen molar-refractivity contribution in [3.63, 3.8) is 0 Å². The van der Waals surface area contributed by atoms with E-state index in [1.54, 1.807) is 6.07 Å². The molecule has 0 unspecified atom stereocenters. The topological polar surface area (TPSA) is 137 Å². The fourth-order valence-electron chi connectivity index (χ4n) is 3.21. The summed E-state index contributed by atoms with van der Waals surface area (Å²) in [6.45, 7) is 0. The number of carboxylic acid groups (broad SMARTS) is 1. The first-order chi connectivity index (χ1) is 14.8. The SMILES string of the molecule is O=C(C[C@@H]1NC(=O)[C@H](Cc2ccccc2)NC1=O)N[C@H](Cc1ccc(Cl)nc1)C(=O)O. The first-order valence-corrected chi connectivity index (χ1v) is 9.97. The highest BCUT2D eigenvalue weighted by Crippen LogP contribution is 2.10. The van der Waals surface area contributed by atoms with E-state index in [4.69, 9.17) is 11.6 Å². The van der Waals surface area contributed by atoms with E-state index >= 15 is 0 Å². The maximum Gasteiger partial charge on any atom is 0.326 e. The number of benzene rings is 1. The van der Waals surface area contributed by atoms with Crippen LogP contribution in [-0.4, -0.2) is 51.9 Å². The average molecular weight is 445 g/mol. The maximum absolute atomic E-state index is 12.4. The smallest absolute Gasteiger partial charge is 0.326 e. The second-order valence-corrected chi connectivity index (χ2v) is 7.56. The van der Waals surface area contributed by atoms with Crippen molar-refractivity contribution >= 4 is 35.3 Å². The molecule has 1 saturated heterocycles.